The van der Waals surface area contributed by atoms with Crippen LogP contribution < -0.4 is 10.1 Å². The van der Waals surface area contributed by atoms with E-state index in [1.165, 1.54) is 12.8 Å². The van der Waals surface area contributed by atoms with Gasteiger partial charge >= 0.3 is 0 Å². The van der Waals surface area contributed by atoms with Crippen molar-refractivity contribution in [2.45, 2.75) is 25.4 Å². The van der Waals surface area contributed by atoms with E-state index >= 15 is 0 Å². The Balaban J connectivity index is 1.66. The Kier molecular flexibility index (Phi) is 3.37. The summed E-state index contributed by atoms with van der Waals surface area (Å²) in [6.45, 7) is 1.94. The van der Waals surface area contributed by atoms with Crippen molar-refractivity contribution < 1.29 is 9.84 Å². The summed E-state index contributed by atoms with van der Waals surface area (Å²) in [5.74, 6) is 1.22. The van der Waals surface area contributed by atoms with Gasteiger partial charge in [-0.15, -0.1) is 0 Å². The summed E-state index contributed by atoms with van der Waals surface area (Å²) in [4.78, 5) is 0. The van der Waals surface area contributed by atoms with Crippen LogP contribution in [0.4, 0.5) is 0 Å². The van der Waals surface area contributed by atoms with Crippen LogP contribution in [0.2, 0.25) is 0 Å². The van der Waals surface area contributed by atoms with Crippen LogP contribution in [0.3, 0.4) is 0 Å². The zero-order chi connectivity index (χ0) is 13.1. The van der Waals surface area contributed by atoms with Crippen LogP contribution in [-0.2, 0) is 6.54 Å². The number of benzene rings is 1. The third-order valence-electron chi connectivity index (χ3n) is 3.27. The molecule has 1 aliphatic rings. The van der Waals surface area contributed by atoms with Crippen molar-refractivity contribution in [3.63, 3.8) is 0 Å². The standard InChI is InChI=1S/C14H17N3O2/c18-13-5-1-2-6-14(13)19-12-8-16-17(10-12)9-11-4-3-7-15-11/h1-2,5-6,8,10-11,15,18H,3-4,7,9H2. The first-order chi connectivity index (χ1) is 9.31. The molecular weight excluding hydrogens is 242 g/mol. The number of nitrogens with one attached hydrogen (secondary N) is 1. The minimum atomic E-state index is 0.132. The molecule has 19 heavy (non-hydrogen) atoms. The van der Waals surface area contributed by atoms with Gasteiger partial charge in [-0.3, -0.25) is 4.68 Å². The molecule has 1 saturated heterocycles. The molecule has 2 aromatic rings. The normalized spacial score (nSPS) is 18.6. The van der Waals surface area contributed by atoms with Gasteiger partial charge in [-0.2, -0.15) is 5.10 Å². The fraction of sp³-hybridized carbons (Fsp3) is 0.357. The number of aromatic hydroxyl groups is 1. The number of para-hydroxylation sites is 2. The van der Waals surface area contributed by atoms with Gasteiger partial charge in [-0.1, -0.05) is 12.1 Å². The molecule has 2 heterocycles. The van der Waals surface area contributed by atoms with E-state index < -0.39 is 0 Å². The second-order valence-electron chi connectivity index (χ2n) is 4.76. The molecule has 1 atom stereocenters. The second kappa shape index (κ2) is 5.32. The maximum atomic E-state index is 9.65. The predicted octanol–water partition coefficient (Wildman–Crippen LogP) is 2.13. The molecule has 1 aliphatic heterocycles. The third kappa shape index (κ3) is 2.88. The lowest BCUT2D eigenvalue weighted by atomic mass is 10.2. The summed E-state index contributed by atoms with van der Waals surface area (Å²) in [5.41, 5.74) is 0. The van der Waals surface area contributed by atoms with Crippen molar-refractivity contribution in [2.75, 3.05) is 6.54 Å². The average molecular weight is 259 g/mol. The first-order valence-corrected chi connectivity index (χ1v) is 6.53. The molecule has 0 bridgehead atoms. The van der Waals surface area contributed by atoms with Crippen molar-refractivity contribution in [3.05, 3.63) is 36.7 Å². The van der Waals surface area contributed by atoms with Crippen molar-refractivity contribution in [1.82, 2.24) is 15.1 Å². The SMILES string of the molecule is Oc1ccccc1Oc1cnn(CC2CCCN2)c1. The highest BCUT2D eigenvalue weighted by molar-refractivity contribution is 5.40. The molecule has 1 unspecified atom stereocenters. The molecule has 0 spiro atoms. The highest BCUT2D eigenvalue weighted by atomic mass is 16.5. The van der Waals surface area contributed by atoms with E-state index in [-0.39, 0.29) is 5.75 Å². The largest absolute Gasteiger partial charge is 0.504 e. The van der Waals surface area contributed by atoms with Crippen molar-refractivity contribution in [1.29, 1.82) is 0 Å². The van der Waals surface area contributed by atoms with Crippen molar-refractivity contribution in [2.24, 2.45) is 0 Å². The van der Waals surface area contributed by atoms with Gasteiger partial charge in [0.2, 0.25) is 0 Å². The zero-order valence-corrected chi connectivity index (χ0v) is 10.6. The van der Waals surface area contributed by atoms with Crippen LogP contribution in [0.1, 0.15) is 12.8 Å². The van der Waals surface area contributed by atoms with Gasteiger partial charge in [-0.05, 0) is 31.5 Å². The highest BCUT2D eigenvalue weighted by Gasteiger charge is 2.15. The average Bonchev–Trinajstić information content (AvgIpc) is 3.05. The predicted molar refractivity (Wildman–Crippen MR) is 71.4 cm³/mol. The fourth-order valence-electron chi connectivity index (χ4n) is 2.31. The zero-order valence-electron chi connectivity index (χ0n) is 10.6. The maximum Gasteiger partial charge on any atom is 0.169 e. The Hall–Kier alpha value is -2.01. The van der Waals surface area contributed by atoms with Gasteiger partial charge in [0, 0.05) is 6.04 Å². The van der Waals surface area contributed by atoms with Crippen LogP contribution >= 0.6 is 0 Å². The molecule has 5 nitrogen and oxygen atoms in total. The lowest BCUT2D eigenvalue weighted by Gasteiger charge is -2.09. The molecule has 1 aromatic heterocycles. The fourth-order valence-corrected chi connectivity index (χ4v) is 2.31. The first kappa shape index (κ1) is 12.0. The molecule has 0 saturated carbocycles. The van der Waals surface area contributed by atoms with Crippen LogP contribution in [0.5, 0.6) is 17.2 Å². The maximum absolute atomic E-state index is 9.65. The van der Waals surface area contributed by atoms with Crippen molar-refractivity contribution in [3.8, 4) is 17.2 Å². The lowest BCUT2D eigenvalue weighted by Crippen LogP contribution is -2.26. The Morgan fingerprint density at radius 1 is 1.42 bits per heavy atom. The summed E-state index contributed by atoms with van der Waals surface area (Å²) in [5, 5.41) is 17.4. The number of phenols is 1. The van der Waals surface area contributed by atoms with Crippen LogP contribution in [0.15, 0.2) is 36.7 Å². The van der Waals surface area contributed by atoms with E-state index in [4.69, 9.17) is 4.74 Å². The van der Waals surface area contributed by atoms with Crippen LogP contribution in [0.25, 0.3) is 0 Å². The van der Waals surface area contributed by atoms with Gasteiger partial charge < -0.3 is 15.2 Å². The minimum absolute atomic E-state index is 0.132. The number of hydrogen-bond donors (Lipinski definition) is 2. The van der Waals surface area contributed by atoms with E-state index in [1.807, 2.05) is 16.9 Å². The number of hydrogen-bond acceptors (Lipinski definition) is 4. The molecule has 3 rings (SSSR count). The Morgan fingerprint density at radius 3 is 3.11 bits per heavy atom. The molecule has 0 amide bonds. The van der Waals surface area contributed by atoms with E-state index in [2.05, 4.69) is 10.4 Å². The molecule has 1 fully saturated rings. The summed E-state index contributed by atoms with van der Waals surface area (Å²) < 4.78 is 7.47. The monoisotopic (exact) mass is 259 g/mol. The molecule has 100 valence electrons. The number of aromatic nitrogens is 2. The second-order valence-corrected chi connectivity index (χ2v) is 4.76. The molecule has 0 aliphatic carbocycles. The molecule has 0 radical (unpaired) electrons. The van der Waals surface area contributed by atoms with E-state index in [9.17, 15) is 5.11 Å². The molecule has 5 heteroatoms. The molecule has 1 aromatic carbocycles. The van der Waals surface area contributed by atoms with Crippen molar-refractivity contribution >= 4 is 0 Å². The summed E-state index contributed by atoms with van der Waals surface area (Å²) in [7, 11) is 0. The topological polar surface area (TPSA) is 59.3 Å². The molecular formula is C14H17N3O2. The first-order valence-electron chi connectivity index (χ1n) is 6.53. The Labute approximate surface area is 111 Å². The van der Waals surface area contributed by atoms with E-state index in [0.29, 0.717) is 17.5 Å². The van der Waals surface area contributed by atoms with Crippen LogP contribution in [0, 0.1) is 0 Å². The lowest BCUT2D eigenvalue weighted by molar-refractivity contribution is 0.410. The Bertz CT molecular complexity index is 547. The third-order valence-corrected chi connectivity index (χ3v) is 3.27. The molecule has 2 N–H and O–H groups in total. The number of ether oxygens (including phenoxy) is 1. The minimum Gasteiger partial charge on any atom is -0.504 e. The summed E-state index contributed by atoms with van der Waals surface area (Å²) in [6, 6.07) is 7.41. The van der Waals surface area contributed by atoms with Gasteiger partial charge in [-0.25, -0.2) is 0 Å². The Morgan fingerprint density at radius 2 is 2.32 bits per heavy atom. The summed E-state index contributed by atoms with van der Waals surface area (Å²) in [6.07, 6.45) is 5.94. The number of rotatable bonds is 4. The quantitative estimate of drug-likeness (QED) is 0.883. The van der Waals surface area contributed by atoms with Gasteiger partial charge in [0.25, 0.3) is 0 Å². The number of nitrogens with zero attached hydrogens (tertiary/aromatic N) is 2. The van der Waals surface area contributed by atoms with Gasteiger partial charge in [0.15, 0.2) is 17.2 Å². The van der Waals surface area contributed by atoms with Gasteiger partial charge in [0.05, 0.1) is 18.9 Å². The van der Waals surface area contributed by atoms with Crippen LogP contribution in [-0.4, -0.2) is 27.5 Å². The van der Waals surface area contributed by atoms with E-state index in [0.717, 1.165) is 13.1 Å². The number of phenolic OH excluding ortho intramolecular Hbond substituents is 1. The van der Waals surface area contributed by atoms with E-state index in [1.54, 1.807) is 24.4 Å². The van der Waals surface area contributed by atoms with Gasteiger partial charge in [0.1, 0.15) is 0 Å². The smallest absolute Gasteiger partial charge is 0.169 e. The highest BCUT2D eigenvalue weighted by Crippen LogP contribution is 2.29. The summed E-state index contributed by atoms with van der Waals surface area (Å²) >= 11 is 0.